The van der Waals surface area contributed by atoms with E-state index in [9.17, 15) is 0 Å². The molecule has 5 aromatic rings. The zero-order valence-electron chi connectivity index (χ0n) is 15.2. The summed E-state index contributed by atoms with van der Waals surface area (Å²) in [5.74, 6) is 2.21. The van der Waals surface area contributed by atoms with Crippen LogP contribution in [-0.2, 0) is 0 Å². The van der Waals surface area contributed by atoms with Gasteiger partial charge in [-0.05, 0) is 36.4 Å². The normalized spacial score (nSPS) is 11.2. The fourth-order valence-corrected chi connectivity index (χ4v) is 3.85. The van der Waals surface area contributed by atoms with Crippen molar-refractivity contribution in [2.45, 2.75) is 0 Å². The largest absolute Gasteiger partial charge is 0.497 e. The van der Waals surface area contributed by atoms with Crippen molar-refractivity contribution in [2.24, 2.45) is 0 Å². The first-order valence-electron chi connectivity index (χ1n) is 8.57. The van der Waals surface area contributed by atoms with Gasteiger partial charge < -0.3 is 9.47 Å². The standard InChI is InChI=1S/C20H15N5O2S/c1-26-14-9-6-13(7-10-14)18-22-23-20-25(18)24-19(28-20)15-11-8-12-4-3-5-16(27-2)17(12)21-15/h3-11H,1-2H3. The number of hydrogen-bond donors (Lipinski definition) is 0. The molecule has 0 saturated carbocycles. The van der Waals surface area contributed by atoms with E-state index in [-0.39, 0.29) is 0 Å². The molecule has 0 aliphatic rings. The first-order chi connectivity index (χ1) is 13.8. The third-order valence-corrected chi connectivity index (χ3v) is 5.38. The molecule has 0 saturated heterocycles. The minimum absolute atomic E-state index is 0.679. The predicted molar refractivity (Wildman–Crippen MR) is 108 cm³/mol. The van der Waals surface area contributed by atoms with Crippen molar-refractivity contribution in [1.82, 2.24) is 24.8 Å². The van der Waals surface area contributed by atoms with E-state index in [1.54, 1.807) is 18.7 Å². The predicted octanol–water partition coefficient (Wildman–Crippen LogP) is 4.09. The Hall–Kier alpha value is -3.52. The van der Waals surface area contributed by atoms with Crippen molar-refractivity contribution in [3.8, 4) is 33.6 Å². The minimum atomic E-state index is 0.679. The number of para-hydroxylation sites is 1. The van der Waals surface area contributed by atoms with Crippen molar-refractivity contribution in [2.75, 3.05) is 14.2 Å². The van der Waals surface area contributed by atoms with Crippen LogP contribution in [-0.4, -0.2) is 39.0 Å². The van der Waals surface area contributed by atoms with Crippen LogP contribution < -0.4 is 9.47 Å². The number of fused-ring (bicyclic) bond motifs is 2. The average molecular weight is 389 g/mol. The van der Waals surface area contributed by atoms with Gasteiger partial charge >= 0.3 is 0 Å². The Morgan fingerprint density at radius 3 is 2.54 bits per heavy atom. The molecule has 2 aromatic carbocycles. The molecule has 0 fully saturated rings. The number of pyridine rings is 1. The van der Waals surface area contributed by atoms with Gasteiger partial charge in [-0.2, -0.15) is 9.61 Å². The van der Waals surface area contributed by atoms with Crippen LogP contribution in [0, 0.1) is 0 Å². The van der Waals surface area contributed by atoms with Gasteiger partial charge in [-0.3, -0.25) is 0 Å². The monoisotopic (exact) mass is 389 g/mol. The van der Waals surface area contributed by atoms with Crippen molar-refractivity contribution < 1.29 is 9.47 Å². The summed E-state index contributed by atoms with van der Waals surface area (Å²) < 4.78 is 12.4. The summed E-state index contributed by atoms with van der Waals surface area (Å²) in [6.07, 6.45) is 0. The highest BCUT2D eigenvalue weighted by Gasteiger charge is 2.16. The second-order valence-corrected chi connectivity index (χ2v) is 7.04. The Morgan fingerprint density at radius 2 is 1.75 bits per heavy atom. The van der Waals surface area contributed by atoms with Crippen molar-refractivity contribution in [3.05, 3.63) is 54.6 Å². The number of rotatable bonds is 4. The summed E-state index contributed by atoms with van der Waals surface area (Å²) in [4.78, 5) is 5.47. The molecule has 0 unspecified atom stereocenters. The lowest BCUT2D eigenvalue weighted by Gasteiger charge is -2.05. The van der Waals surface area contributed by atoms with Gasteiger partial charge in [-0.25, -0.2) is 4.98 Å². The molecule has 3 aromatic heterocycles. The van der Waals surface area contributed by atoms with Gasteiger partial charge in [0.2, 0.25) is 4.96 Å². The smallest absolute Gasteiger partial charge is 0.235 e. The maximum Gasteiger partial charge on any atom is 0.235 e. The molecule has 0 aliphatic carbocycles. The maximum absolute atomic E-state index is 5.44. The van der Waals surface area contributed by atoms with Gasteiger partial charge in [0.15, 0.2) is 10.8 Å². The summed E-state index contributed by atoms with van der Waals surface area (Å²) in [6, 6.07) is 17.5. The Kier molecular flexibility index (Phi) is 3.91. The van der Waals surface area contributed by atoms with E-state index >= 15 is 0 Å². The number of ether oxygens (including phenoxy) is 2. The topological polar surface area (TPSA) is 74.4 Å². The van der Waals surface area contributed by atoms with E-state index in [0.717, 1.165) is 38.7 Å². The van der Waals surface area contributed by atoms with Crippen LogP contribution in [0.15, 0.2) is 54.6 Å². The fourth-order valence-electron chi connectivity index (χ4n) is 3.04. The SMILES string of the molecule is COc1ccc(-c2nnc3sc(-c4ccc5cccc(OC)c5n4)nn23)cc1. The first-order valence-corrected chi connectivity index (χ1v) is 9.39. The fraction of sp³-hybridized carbons (Fsp3) is 0.100. The summed E-state index contributed by atoms with van der Waals surface area (Å²) >= 11 is 1.45. The lowest BCUT2D eigenvalue weighted by molar-refractivity contribution is 0.415. The molecule has 138 valence electrons. The summed E-state index contributed by atoms with van der Waals surface area (Å²) in [5.41, 5.74) is 2.50. The molecule has 7 nitrogen and oxygen atoms in total. The van der Waals surface area contributed by atoms with Crippen molar-refractivity contribution in [3.63, 3.8) is 0 Å². The Morgan fingerprint density at radius 1 is 0.893 bits per heavy atom. The van der Waals surface area contributed by atoms with E-state index in [4.69, 9.17) is 19.6 Å². The molecule has 3 heterocycles. The Bertz CT molecular complexity index is 1290. The molecule has 0 radical (unpaired) electrons. The molecular formula is C20H15N5O2S. The summed E-state index contributed by atoms with van der Waals surface area (Å²) in [7, 11) is 3.29. The molecule has 28 heavy (non-hydrogen) atoms. The van der Waals surface area contributed by atoms with Crippen LogP contribution in [0.3, 0.4) is 0 Å². The molecule has 0 bridgehead atoms. The van der Waals surface area contributed by atoms with Crippen LogP contribution in [0.25, 0.3) is 38.0 Å². The third kappa shape index (κ3) is 2.66. The summed E-state index contributed by atoms with van der Waals surface area (Å²) in [5, 5.41) is 15.0. The molecular weight excluding hydrogens is 374 g/mol. The second-order valence-electron chi connectivity index (χ2n) is 6.08. The molecule has 8 heteroatoms. The van der Waals surface area contributed by atoms with Crippen LogP contribution in [0.4, 0.5) is 0 Å². The van der Waals surface area contributed by atoms with Gasteiger partial charge in [0.1, 0.15) is 22.7 Å². The highest BCUT2D eigenvalue weighted by Crippen LogP contribution is 2.31. The highest BCUT2D eigenvalue weighted by atomic mass is 32.1. The van der Waals surface area contributed by atoms with E-state index in [2.05, 4.69) is 10.2 Å². The molecule has 5 rings (SSSR count). The van der Waals surface area contributed by atoms with E-state index in [1.165, 1.54) is 11.3 Å². The van der Waals surface area contributed by atoms with E-state index in [0.29, 0.717) is 10.8 Å². The summed E-state index contributed by atoms with van der Waals surface area (Å²) in [6.45, 7) is 0. The Balaban J connectivity index is 1.60. The van der Waals surface area contributed by atoms with Crippen molar-refractivity contribution >= 4 is 27.2 Å². The highest BCUT2D eigenvalue weighted by molar-refractivity contribution is 7.19. The molecule has 0 atom stereocenters. The molecule has 0 spiro atoms. The number of aromatic nitrogens is 5. The Labute approximate surface area is 164 Å². The van der Waals surface area contributed by atoms with Crippen LogP contribution in [0.1, 0.15) is 0 Å². The van der Waals surface area contributed by atoms with E-state index < -0.39 is 0 Å². The van der Waals surface area contributed by atoms with Gasteiger partial charge in [0.25, 0.3) is 0 Å². The van der Waals surface area contributed by atoms with E-state index in [1.807, 2.05) is 54.6 Å². The maximum atomic E-state index is 5.44. The quantitative estimate of drug-likeness (QED) is 0.461. The lowest BCUT2D eigenvalue weighted by atomic mass is 10.2. The van der Waals surface area contributed by atoms with Gasteiger partial charge in [0, 0.05) is 10.9 Å². The van der Waals surface area contributed by atoms with Crippen LogP contribution in [0.5, 0.6) is 11.5 Å². The number of methoxy groups -OCH3 is 2. The van der Waals surface area contributed by atoms with Gasteiger partial charge in [-0.15, -0.1) is 10.2 Å². The first kappa shape index (κ1) is 16.6. The zero-order chi connectivity index (χ0) is 19.1. The number of benzene rings is 2. The van der Waals surface area contributed by atoms with Gasteiger partial charge in [-0.1, -0.05) is 29.5 Å². The average Bonchev–Trinajstić information content (AvgIpc) is 3.34. The second kappa shape index (κ2) is 6.58. The number of hydrogen-bond acceptors (Lipinski definition) is 7. The van der Waals surface area contributed by atoms with Crippen molar-refractivity contribution in [1.29, 1.82) is 0 Å². The van der Waals surface area contributed by atoms with Crippen LogP contribution >= 0.6 is 11.3 Å². The molecule has 0 aliphatic heterocycles. The zero-order valence-corrected chi connectivity index (χ0v) is 16.0. The molecule has 0 N–H and O–H groups in total. The minimum Gasteiger partial charge on any atom is -0.497 e. The molecule has 0 amide bonds. The third-order valence-electron chi connectivity index (χ3n) is 4.46. The number of nitrogens with zero attached hydrogens (tertiary/aromatic N) is 5. The van der Waals surface area contributed by atoms with Crippen LogP contribution in [0.2, 0.25) is 0 Å². The van der Waals surface area contributed by atoms with Gasteiger partial charge in [0.05, 0.1) is 14.2 Å². The lowest BCUT2D eigenvalue weighted by Crippen LogP contribution is -1.93.